The van der Waals surface area contributed by atoms with Gasteiger partial charge >= 0.3 is 5.97 Å². The highest BCUT2D eigenvalue weighted by molar-refractivity contribution is 5.87. The molecule has 114 valence electrons. The van der Waals surface area contributed by atoms with E-state index in [0.717, 1.165) is 18.4 Å². The van der Waals surface area contributed by atoms with E-state index in [9.17, 15) is 9.59 Å². The number of esters is 1. The fourth-order valence-corrected chi connectivity index (χ4v) is 2.63. The molecule has 0 spiro atoms. The standard InChI is InChI=1S/C17H23NO3/c1-2-3-4-8-11-18-17(20)14-12-15(19)21-16(14)13-9-6-5-7-10-13/h5-7,9-10,14,16H,2-4,8,11-12H2,1H3,(H,18,20). The number of ether oxygens (including phenoxy) is 1. The minimum absolute atomic E-state index is 0.0776. The number of cyclic esters (lactones) is 1. The molecule has 2 rings (SSSR count). The molecule has 1 aromatic rings. The molecule has 1 fully saturated rings. The molecular weight excluding hydrogens is 266 g/mol. The number of carbonyl (C=O) groups excluding carboxylic acids is 2. The molecule has 0 bridgehead atoms. The smallest absolute Gasteiger partial charge is 0.307 e. The van der Waals surface area contributed by atoms with Crippen molar-refractivity contribution in [2.75, 3.05) is 6.54 Å². The normalized spacial score (nSPS) is 21.1. The van der Waals surface area contributed by atoms with Gasteiger partial charge in [-0.25, -0.2) is 0 Å². The molecule has 0 radical (unpaired) electrons. The topological polar surface area (TPSA) is 55.4 Å². The molecule has 1 heterocycles. The molecule has 2 atom stereocenters. The van der Waals surface area contributed by atoms with Gasteiger partial charge in [0.2, 0.25) is 5.91 Å². The van der Waals surface area contributed by atoms with Crippen molar-refractivity contribution in [1.29, 1.82) is 0 Å². The van der Waals surface area contributed by atoms with E-state index in [4.69, 9.17) is 4.74 Å². The lowest BCUT2D eigenvalue weighted by molar-refractivity contribution is -0.141. The van der Waals surface area contributed by atoms with E-state index >= 15 is 0 Å². The van der Waals surface area contributed by atoms with Crippen molar-refractivity contribution in [2.45, 2.75) is 45.1 Å². The average molecular weight is 289 g/mol. The summed E-state index contributed by atoms with van der Waals surface area (Å²) in [6.07, 6.45) is 4.19. The van der Waals surface area contributed by atoms with Gasteiger partial charge in [0.15, 0.2) is 0 Å². The molecule has 1 aromatic carbocycles. The molecule has 0 saturated carbocycles. The van der Waals surface area contributed by atoms with Gasteiger partial charge in [0.05, 0.1) is 12.3 Å². The molecule has 1 aliphatic rings. The summed E-state index contributed by atoms with van der Waals surface area (Å²) >= 11 is 0. The second kappa shape index (κ2) is 7.81. The molecule has 1 aliphatic heterocycles. The first-order valence-electron chi connectivity index (χ1n) is 7.74. The summed E-state index contributed by atoms with van der Waals surface area (Å²) in [4.78, 5) is 23.8. The molecule has 1 N–H and O–H groups in total. The summed E-state index contributed by atoms with van der Waals surface area (Å²) in [7, 11) is 0. The number of amides is 1. The molecular formula is C17H23NO3. The Kier molecular flexibility index (Phi) is 5.78. The van der Waals surface area contributed by atoms with E-state index in [2.05, 4.69) is 12.2 Å². The van der Waals surface area contributed by atoms with Crippen LogP contribution < -0.4 is 5.32 Å². The second-order valence-electron chi connectivity index (χ2n) is 5.48. The minimum Gasteiger partial charge on any atom is -0.457 e. The van der Waals surface area contributed by atoms with Gasteiger partial charge in [0, 0.05) is 6.54 Å². The highest BCUT2D eigenvalue weighted by Gasteiger charge is 2.40. The first kappa shape index (κ1) is 15.5. The monoisotopic (exact) mass is 289 g/mol. The number of unbranched alkanes of at least 4 members (excludes halogenated alkanes) is 3. The molecule has 1 amide bonds. The zero-order valence-corrected chi connectivity index (χ0v) is 12.5. The van der Waals surface area contributed by atoms with Gasteiger partial charge < -0.3 is 10.1 Å². The molecule has 4 heteroatoms. The zero-order chi connectivity index (χ0) is 15.1. The van der Waals surface area contributed by atoms with E-state index in [1.54, 1.807) is 0 Å². The minimum atomic E-state index is -0.450. The zero-order valence-electron chi connectivity index (χ0n) is 12.5. The average Bonchev–Trinajstić information content (AvgIpc) is 2.90. The van der Waals surface area contributed by atoms with Crippen LogP contribution in [0.25, 0.3) is 0 Å². The largest absolute Gasteiger partial charge is 0.457 e. The third-order valence-corrected chi connectivity index (χ3v) is 3.80. The quantitative estimate of drug-likeness (QED) is 0.620. The molecule has 21 heavy (non-hydrogen) atoms. The summed E-state index contributed by atoms with van der Waals surface area (Å²) in [5.41, 5.74) is 0.884. The van der Waals surface area contributed by atoms with Crippen LogP contribution in [0.2, 0.25) is 0 Å². The third kappa shape index (κ3) is 4.31. The third-order valence-electron chi connectivity index (χ3n) is 3.80. The molecule has 1 saturated heterocycles. The van der Waals surface area contributed by atoms with E-state index in [-0.39, 0.29) is 18.3 Å². The molecule has 0 aliphatic carbocycles. The number of carbonyl (C=O) groups is 2. The van der Waals surface area contributed by atoms with Crippen LogP contribution in [0.5, 0.6) is 0 Å². The van der Waals surface area contributed by atoms with Crippen molar-refractivity contribution in [3.8, 4) is 0 Å². The Morgan fingerprint density at radius 3 is 2.71 bits per heavy atom. The summed E-state index contributed by atoms with van der Waals surface area (Å²) in [6.45, 7) is 2.83. The summed E-state index contributed by atoms with van der Waals surface area (Å²) in [5, 5.41) is 2.93. The van der Waals surface area contributed by atoms with Crippen LogP contribution in [0.4, 0.5) is 0 Å². The number of benzene rings is 1. The van der Waals surface area contributed by atoms with Crippen molar-refractivity contribution < 1.29 is 14.3 Å². The van der Waals surface area contributed by atoms with Crippen molar-refractivity contribution in [1.82, 2.24) is 5.32 Å². The number of hydrogen-bond acceptors (Lipinski definition) is 3. The lowest BCUT2D eigenvalue weighted by Gasteiger charge is -2.17. The van der Waals surface area contributed by atoms with Gasteiger partial charge in [-0.15, -0.1) is 0 Å². The van der Waals surface area contributed by atoms with E-state index in [1.165, 1.54) is 12.8 Å². The maximum atomic E-state index is 12.3. The van der Waals surface area contributed by atoms with E-state index in [0.29, 0.717) is 6.54 Å². The highest BCUT2D eigenvalue weighted by atomic mass is 16.6. The maximum Gasteiger partial charge on any atom is 0.307 e. The SMILES string of the molecule is CCCCCCNC(=O)C1CC(=O)OC1c1ccccc1. The van der Waals surface area contributed by atoms with E-state index < -0.39 is 12.0 Å². The van der Waals surface area contributed by atoms with Crippen molar-refractivity contribution in [2.24, 2.45) is 5.92 Å². The van der Waals surface area contributed by atoms with Gasteiger partial charge in [0.25, 0.3) is 0 Å². The summed E-state index contributed by atoms with van der Waals surface area (Å²) < 4.78 is 5.33. The number of rotatable bonds is 7. The lowest BCUT2D eigenvalue weighted by Crippen LogP contribution is -2.33. The Bertz CT molecular complexity index is 472. The van der Waals surface area contributed by atoms with Crippen molar-refractivity contribution in [3.63, 3.8) is 0 Å². The first-order valence-corrected chi connectivity index (χ1v) is 7.74. The van der Waals surface area contributed by atoms with Crippen LogP contribution in [0.15, 0.2) is 30.3 Å². The van der Waals surface area contributed by atoms with Crippen LogP contribution >= 0.6 is 0 Å². The number of nitrogens with one attached hydrogen (secondary N) is 1. The van der Waals surface area contributed by atoms with Crippen LogP contribution in [0.3, 0.4) is 0 Å². The first-order chi connectivity index (χ1) is 10.2. The highest BCUT2D eigenvalue weighted by Crippen LogP contribution is 2.35. The van der Waals surface area contributed by atoms with Gasteiger partial charge in [-0.1, -0.05) is 56.5 Å². The Morgan fingerprint density at radius 2 is 2.00 bits per heavy atom. The van der Waals surface area contributed by atoms with Crippen LogP contribution in [-0.4, -0.2) is 18.4 Å². The predicted molar refractivity (Wildman–Crippen MR) is 80.5 cm³/mol. The van der Waals surface area contributed by atoms with Crippen LogP contribution in [0.1, 0.15) is 50.7 Å². The van der Waals surface area contributed by atoms with E-state index in [1.807, 2.05) is 30.3 Å². The molecule has 2 unspecified atom stereocenters. The van der Waals surface area contributed by atoms with Crippen LogP contribution in [0, 0.1) is 5.92 Å². The fraction of sp³-hybridized carbons (Fsp3) is 0.529. The van der Waals surface area contributed by atoms with Gasteiger partial charge in [-0.3, -0.25) is 9.59 Å². The fourth-order valence-electron chi connectivity index (χ4n) is 2.63. The molecule has 0 aromatic heterocycles. The maximum absolute atomic E-state index is 12.3. The lowest BCUT2D eigenvalue weighted by atomic mass is 9.94. The Balaban J connectivity index is 1.90. The second-order valence-corrected chi connectivity index (χ2v) is 5.48. The van der Waals surface area contributed by atoms with Gasteiger partial charge in [0.1, 0.15) is 6.10 Å². The Morgan fingerprint density at radius 1 is 1.24 bits per heavy atom. The van der Waals surface area contributed by atoms with Crippen molar-refractivity contribution in [3.05, 3.63) is 35.9 Å². The Hall–Kier alpha value is -1.84. The van der Waals surface area contributed by atoms with Crippen molar-refractivity contribution >= 4 is 11.9 Å². The van der Waals surface area contributed by atoms with Crippen LogP contribution in [-0.2, 0) is 14.3 Å². The summed E-state index contributed by atoms with van der Waals surface area (Å²) in [5.74, 6) is -0.785. The van der Waals surface area contributed by atoms with Gasteiger partial charge in [-0.05, 0) is 12.0 Å². The summed E-state index contributed by atoms with van der Waals surface area (Å²) in [6, 6.07) is 9.47. The number of hydrogen-bond donors (Lipinski definition) is 1. The Labute approximate surface area is 125 Å². The van der Waals surface area contributed by atoms with Gasteiger partial charge in [-0.2, -0.15) is 0 Å². The molecule has 4 nitrogen and oxygen atoms in total. The predicted octanol–water partition coefficient (Wildman–Crippen LogP) is 2.99.